The number of hydrogen-bond donors (Lipinski definition) is 2. The first-order valence-corrected chi connectivity index (χ1v) is 6.94. The standard InChI is InChI=1S/C13H22N2O5/c1-2-20-13(19)10-5-3-7-15(9-10)12(18)11(17)14-6-4-8-16/h10,16H,2-9H2,1H3,(H,14,17). The average Bonchev–Trinajstić information content (AvgIpc) is 2.47. The molecule has 2 amide bonds. The van der Waals surface area contributed by atoms with Crippen molar-refractivity contribution in [1.82, 2.24) is 10.2 Å². The molecular weight excluding hydrogens is 264 g/mol. The molecular formula is C13H22N2O5. The number of carbonyl (C=O) groups excluding carboxylic acids is 3. The number of nitrogens with zero attached hydrogens (tertiary/aromatic N) is 1. The van der Waals surface area contributed by atoms with E-state index in [0.29, 0.717) is 32.4 Å². The molecule has 1 unspecified atom stereocenters. The van der Waals surface area contributed by atoms with Crippen LogP contribution in [0.4, 0.5) is 0 Å². The predicted molar refractivity (Wildman–Crippen MR) is 70.6 cm³/mol. The van der Waals surface area contributed by atoms with Crippen molar-refractivity contribution in [3.05, 3.63) is 0 Å². The summed E-state index contributed by atoms with van der Waals surface area (Å²) in [5.41, 5.74) is 0. The minimum atomic E-state index is -0.692. The van der Waals surface area contributed by atoms with Crippen LogP contribution in [0.1, 0.15) is 26.2 Å². The fourth-order valence-electron chi connectivity index (χ4n) is 2.11. The second-order valence-corrected chi connectivity index (χ2v) is 4.68. The molecule has 0 radical (unpaired) electrons. The topological polar surface area (TPSA) is 95.9 Å². The van der Waals surface area contributed by atoms with Crippen LogP contribution in [0.25, 0.3) is 0 Å². The van der Waals surface area contributed by atoms with E-state index in [1.54, 1.807) is 6.92 Å². The molecule has 2 N–H and O–H groups in total. The lowest BCUT2D eigenvalue weighted by molar-refractivity contribution is -0.154. The summed E-state index contributed by atoms with van der Waals surface area (Å²) in [6.45, 7) is 2.97. The number of esters is 1. The third-order valence-electron chi connectivity index (χ3n) is 3.14. The van der Waals surface area contributed by atoms with Gasteiger partial charge in [0, 0.05) is 26.2 Å². The molecule has 0 aromatic rings. The Morgan fingerprint density at radius 1 is 1.40 bits per heavy atom. The van der Waals surface area contributed by atoms with Gasteiger partial charge in [0.2, 0.25) is 0 Å². The number of nitrogens with one attached hydrogen (secondary N) is 1. The Morgan fingerprint density at radius 3 is 2.80 bits per heavy atom. The Hall–Kier alpha value is -1.63. The van der Waals surface area contributed by atoms with Crippen molar-refractivity contribution < 1.29 is 24.2 Å². The lowest BCUT2D eigenvalue weighted by Crippen LogP contribution is -2.48. The van der Waals surface area contributed by atoms with Gasteiger partial charge in [-0.15, -0.1) is 0 Å². The zero-order valence-electron chi connectivity index (χ0n) is 11.8. The van der Waals surface area contributed by atoms with Crippen molar-refractivity contribution >= 4 is 17.8 Å². The van der Waals surface area contributed by atoms with Crippen LogP contribution in [0.3, 0.4) is 0 Å². The molecule has 1 atom stereocenters. The maximum atomic E-state index is 11.9. The molecule has 0 saturated carbocycles. The molecule has 0 spiro atoms. The molecule has 20 heavy (non-hydrogen) atoms. The summed E-state index contributed by atoms with van der Waals surface area (Å²) in [7, 11) is 0. The van der Waals surface area contributed by atoms with Crippen LogP contribution in [0.15, 0.2) is 0 Å². The van der Waals surface area contributed by atoms with E-state index in [1.807, 2.05) is 0 Å². The van der Waals surface area contributed by atoms with Crippen molar-refractivity contribution in [2.45, 2.75) is 26.2 Å². The van der Waals surface area contributed by atoms with Crippen molar-refractivity contribution in [3.8, 4) is 0 Å². The van der Waals surface area contributed by atoms with Gasteiger partial charge in [-0.2, -0.15) is 0 Å². The van der Waals surface area contributed by atoms with Gasteiger partial charge < -0.3 is 20.1 Å². The maximum absolute atomic E-state index is 11.9. The fraction of sp³-hybridized carbons (Fsp3) is 0.769. The monoisotopic (exact) mass is 286 g/mol. The largest absolute Gasteiger partial charge is 0.466 e. The van der Waals surface area contributed by atoms with E-state index in [2.05, 4.69) is 5.32 Å². The Balaban J connectivity index is 2.47. The number of ether oxygens (including phenoxy) is 1. The average molecular weight is 286 g/mol. The number of piperidine rings is 1. The van der Waals surface area contributed by atoms with Crippen LogP contribution in [0.5, 0.6) is 0 Å². The van der Waals surface area contributed by atoms with Gasteiger partial charge in [0.05, 0.1) is 12.5 Å². The number of likely N-dealkylation sites (tertiary alicyclic amines) is 1. The molecule has 7 nitrogen and oxygen atoms in total. The van der Waals surface area contributed by atoms with Gasteiger partial charge in [0.25, 0.3) is 0 Å². The number of amides is 2. The predicted octanol–water partition coefficient (Wildman–Crippen LogP) is -0.713. The number of rotatable bonds is 5. The van der Waals surface area contributed by atoms with Gasteiger partial charge in [-0.25, -0.2) is 0 Å². The van der Waals surface area contributed by atoms with Gasteiger partial charge in [-0.1, -0.05) is 0 Å². The van der Waals surface area contributed by atoms with E-state index < -0.39 is 11.8 Å². The molecule has 0 bridgehead atoms. The van der Waals surface area contributed by atoms with Crippen molar-refractivity contribution in [2.24, 2.45) is 5.92 Å². The minimum Gasteiger partial charge on any atom is -0.466 e. The summed E-state index contributed by atoms with van der Waals surface area (Å²) >= 11 is 0. The zero-order valence-corrected chi connectivity index (χ0v) is 11.8. The van der Waals surface area contributed by atoms with E-state index in [4.69, 9.17) is 9.84 Å². The van der Waals surface area contributed by atoms with E-state index in [0.717, 1.165) is 0 Å². The first-order valence-electron chi connectivity index (χ1n) is 6.94. The smallest absolute Gasteiger partial charge is 0.311 e. The van der Waals surface area contributed by atoms with Gasteiger partial charge in [-0.05, 0) is 26.2 Å². The van der Waals surface area contributed by atoms with Crippen LogP contribution >= 0.6 is 0 Å². The quantitative estimate of drug-likeness (QED) is 0.395. The van der Waals surface area contributed by atoms with Gasteiger partial charge in [0.15, 0.2) is 0 Å². The van der Waals surface area contributed by atoms with Crippen LogP contribution in [-0.4, -0.2) is 60.6 Å². The SMILES string of the molecule is CCOC(=O)C1CCCN(C(=O)C(=O)NCCCO)C1. The summed E-state index contributed by atoms with van der Waals surface area (Å²) in [5.74, 6) is -1.98. The second kappa shape index (κ2) is 8.52. The van der Waals surface area contributed by atoms with Crippen molar-refractivity contribution in [3.63, 3.8) is 0 Å². The van der Waals surface area contributed by atoms with Crippen molar-refractivity contribution in [2.75, 3.05) is 32.8 Å². The highest BCUT2D eigenvalue weighted by atomic mass is 16.5. The van der Waals surface area contributed by atoms with E-state index >= 15 is 0 Å². The van der Waals surface area contributed by atoms with E-state index in [1.165, 1.54) is 4.90 Å². The highest BCUT2D eigenvalue weighted by Gasteiger charge is 2.31. The second-order valence-electron chi connectivity index (χ2n) is 4.68. The third kappa shape index (κ3) is 4.80. The number of hydrogen-bond acceptors (Lipinski definition) is 5. The van der Waals surface area contributed by atoms with Crippen LogP contribution < -0.4 is 5.32 Å². The molecule has 1 aliphatic rings. The van der Waals surface area contributed by atoms with Gasteiger partial charge in [-0.3, -0.25) is 14.4 Å². The molecule has 7 heteroatoms. The van der Waals surface area contributed by atoms with Crippen LogP contribution in [0, 0.1) is 5.92 Å². The lowest BCUT2D eigenvalue weighted by atomic mass is 9.98. The number of aliphatic hydroxyl groups excluding tert-OH is 1. The first-order chi connectivity index (χ1) is 9.60. The highest BCUT2D eigenvalue weighted by molar-refractivity contribution is 6.35. The summed E-state index contributed by atoms with van der Waals surface area (Å²) in [6.07, 6.45) is 1.76. The molecule has 0 aromatic heterocycles. The molecule has 1 rings (SSSR count). The molecule has 0 aromatic carbocycles. The van der Waals surface area contributed by atoms with E-state index in [-0.39, 0.29) is 31.6 Å². The van der Waals surface area contributed by atoms with Crippen LogP contribution in [-0.2, 0) is 19.1 Å². The summed E-state index contributed by atoms with van der Waals surface area (Å²) in [4.78, 5) is 36.6. The first kappa shape index (κ1) is 16.4. The third-order valence-corrected chi connectivity index (χ3v) is 3.14. The van der Waals surface area contributed by atoms with Gasteiger partial charge in [0.1, 0.15) is 0 Å². The zero-order chi connectivity index (χ0) is 15.0. The molecule has 114 valence electrons. The Morgan fingerprint density at radius 2 is 2.15 bits per heavy atom. The number of aliphatic hydroxyl groups is 1. The summed E-state index contributed by atoms with van der Waals surface area (Å²) < 4.78 is 4.94. The van der Waals surface area contributed by atoms with E-state index in [9.17, 15) is 14.4 Å². The minimum absolute atomic E-state index is 0.0386. The molecule has 0 aliphatic carbocycles. The van der Waals surface area contributed by atoms with Crippen LogP contribution in [0.2, 0.25) is 0 Å². The fourth-order valence-corrected chi connectivity index (χ4v) is 2.11. The molecule has 1 aliphatic heterocycles. The maximum Gasteiger partial charge on any atom is 0.311 e. The molecule has 1 heterocycles. The molecule has 1 fully saturated rings. The summed E-state index contributed by atoms with van der Waals surface area (Å²) in [5, 5.41) is 11.1. The Kier molecular flexibility index (Phi) is 7.00. The Bertz CT molecular complexity index is 359. The van der Waals surface area contributed by atoms with Crippen molar-refractivity contribution in [1.29, 1.82) is 0 Å². The highest BCUT2D eigenvalue weighted by Crippen LogP contribution is 2.18. The number of carbonyl (C=O) groups is 3. The summed E-state index contributed by atoms with van der Waals surface area (Å²) in [6, 6.07) is 0. The molecule has 1 saturated heterocycles. The normalized spacial score (nSPS) is 18.5. The Labute approximate surface area is 118 Å². The van der Waals surface area contributed by atoms with Gasteiger partial charge >= 0.3 is 17.8 Å². The lowest BCUT2D eigenvalue weighted by Gasteiger charge is -2.30.